The third-order valence-corrected chi connectivity index (χ3v) is 2.38. The number of ether oxygens (including phenoxy) is 1. The summed E-state index contributed by atoms with van der Waals surface area (Å²) in [5.74, 6) is -1.50. The molecule has 1 rings (SSSR count). The van der Waals surface area contributed by atoms with Crippen molar-refractivity contribution in [1.29, 1.82) is 0 Å². The van der Waals surface area contributed by atoms with E-state index in [9.17, 15) is 14.4 Å². The molecule has 0 radical (unpaired) electrons. The van der Waals surface area contributed by atoms with Crippen LogP contribution in [0.1, 0.15) is 24.2 Å². The molecule has 0 aromatic heterocycles. The Bertz CT molecular complexity index is 482. The smallest absolute Gasteiger partial charge is 0.332 e. The first kappa shape index (κ1) is 14.8. The number of anilines is 1. The molecule has 1 aromatic carbocycles. The van der Waals surface area contributed by atoms with Crippen LogP contribution in [0, 0.1) is 0 Å². The number of esters is 1. The molecule has 0 aliphatic carbocycles. The van der Waals surface area contributed by atoms with Crippen molar-refractivity contribution < 1.29 is 19.1 Å². The van der Waals surface area contributed by atoms with Gasteiger partial charge in [0.05, 0.1) is 6.61 Å². The topological polar surface area (TPSA) is 98.5 Å². The molecule has 0 fully saturated rings. The van der Waals surface area contributed by atoms with Gasteiger partial charge in [-0.05, 0) is 38.1 Å². The largest absolute Gasteiger partial charge is 0.464 e. The van der Waals surface area contributed by atoms with Crippen molar-refractivity contribution in [2.75, 3.05) is 11.9 Å². The average Bonchev–Trinajstić information content (AvgIpc) is 2.38. The summed E-state index contributed by atoms with van der Waals surface area (Å²) in [7, 11) is 0. The molecule has 102 valence electrons. The Balaban J connectivity index is 2.66. The molecule has 0 bridgehead atoms. The van der Waals surface area contributed by atoms with Gasteiger partial charge in [-0.25, -0.2) is 4.79 Å². The van der Waals surface area contributed by atoms with Crippen LogP contribution in [0.15, 0.2) is 24.3 Å². The third-order valence-electron chi connectivity index (χ3n) is 2.38. The normalized spacial score (nSPS) is 11.5. The fourth-order valence-corrected chi connectivity index (χ4v) is 1.35. The third kappa shape index (κ3) is 4.18. The van der Waals surface area contributed by atoms with E-state index in [1.807, 2.05) is 0 Å². The predicted molar refractivity (Wildman–Crippen MR) is 69.7 cm³/mol. The first-order valence-electron chi connectivity index (χ1n) is 5.79. The van der Waals surface area contributed by atoms with Crippen LogP contribution < -0.4 is 11.1 Å². The molecule has 1 amide bonds. The first-order chi connectivity index (χ1) is 8.95. The van der Waals surface area contributed by atoms with Gasteiger partial charge in [-0.3, -0.25) is 9.59 Å². The monoisotopic (exact) mass is 264 g/mol. The van der Waals surface area contributed by atoms with Crippen LogP contribution in [0.5, 0.6) is 0 Å². The molecular weight excluding hydrogens is 248 g/mol. The lowest BCUT2D eigenvalue weighted by Gasteiger charge is -2.11. The van der Waals surface area contributed by atoms with Crippen molar-refractivity contribution >= 4 is 23.3 Å². The predicted octanol–water partition coefficient (Wildman–Crippen LogP) is 0.718. The van der Waals surface area contributed by atoms with Gasteiger partial charge in [0.1, 0.15) is 0 Å². The molecule has 19 heavy (non-hydrogen) atoms. The molecule has 1 aromatic rings. The number of Topliss-reactive ketones (excluding diaryl/α,β-unsaturated/α-hetero) is 1. The van der Waals surface area contributed by atoms with Crippen molar-refractivity contribution in [3.8, 4) is 0 Å². The lowest BCUT2D eigenvalue weighted by molar-refractivity contribution is -0.146. The summed E-state index contributed by atoms with van der Waals surface area (Å²) >= 11 is 0. The van der Waals surface area contributed by atoms with Crippen LogP contribution in [-0.4, -0.2) is 30.3 Å². The van der Waals surface area contributed by atoms with Gasteiger partial charge < -0.3 is 15.8 Å². The zero-order chi connectivity index (χ0) is 14.4. The van der Waals surface area contributed by atoms with E-state index in [2.05, 4.69) is 10.1 Å². The van der Waals surface area contributed by atoms with Crippen molar-refractivity contribution in [1.82, 2.24) is 0 Å². The lowest BCUT2D eigenvalue weighted by atomic mass is 10.1. The van der Waals surface area contributed by atoms with E-state index in [1.54, 1.807) is 31.2 Å². The second-order valence-corrected chi connectivity index (χ2v) is 3.85. The summed E-state index contributed by atoms with van der Waals surface area (Å²) < 4.78 is 4.64. The summed E-state index contributed by atoms with van der Waals surface area (Å²) in [4.78, 5) is 34.0. The number of hydrogen-bond acceptors (Lipinski definition) is 5. The van der Waals surface area contributed by atoms with Crippen LogP contribution in [0.3, 0.4) is 0 Å². The van der Waals surface area contributed by atoms with Gasteiger partial charge in [-0.1, -0.05) is 0 Å². The number of nitrogens with two attached hydrogens (primary N) is 1. The maximum absolute atomic E-state index is 11.6. The fourth-order valence-electron chi connectivity index (χ4n) is 1.35. The molecule has 0 aliphatic heterocycles. The highest BCUT2D eigenvalue weighted by Gasteiger charge is 2.23. The number of nitrogens with one attached hydrogen (secondary N) is 1. The minimum Gasteiger partial charge on any atom is -0.464 e. The van der Waals surface area contributed by atoms with Crippen molar-refractivity contribution in [3.63, 3.8) is 0 Å². The Hall–Kier alpha value is -2.21. The Morgan fingerprint density at radius 1 is 1.26 bits per heavy atom. The molecular formula is C13H16N2O4. The summed E-state index contributed by atoms with van der Waals surface area (Å²) in [6.07, 6.45) is 0. The van der Waals surface area contributed by atoms with E-state index in [4.69, 9.17) is 5.73 Å². The highest BCUT2D eigenvalue weighted by molar-refractivity contribution is 6.08. The molecule has 3 N–H and O–H groups in total. The van der Waals surface area contributed by atoms with Crippen LogP contribution >= 0.6 is 0 Å². The van der Waals surface area contributed by atoms with Gasteiger partial charge in [0, 0.05) is 11.3 Å². The summed E-state index contributed by atoms with van der Waals surface area (Å²) in [6, 6.07) is 4.91. The fraction of sp³-hybridized carbons (Fsp3) is 0.308. The SMILES string of the molecule is CCOC(=O)C(N)C(=O)Nc1ccc(C(C)=O)cc1. The molecule has 0 heterocycles. The summed E-state index contributed by atoms with van der Waals surface area (Å²) in [5.41, 5.74) is 6.42. The van der Waals surface area contributed by atoms with Crippen LogP contribution in [-0.2, 0) is 14.3 Å². The molecule has 0 saturated heterocycles. The van der Waals surface area contributed by atoms with E-state index in [1.165, 1.54) is 6.92 Å². The number of rotatable bonds is 5. The number of amides is 1. The van der Waals surface area contributed by atoms with Crippen LogP contribution in [0.4, 0.5) is 5.69 Å². The Labute approximate surface area is 110 Å². The standard InChI is InChI=1S/C13H16N2O4/c1-3-19-13(18)11(14)12(17)15-10-6-4-9(5-7-10)8(2)16/h4-7,11H,3,14H2,1-2H3,(H,15,17). The van der Waals surface area contributed by atoms with Gasteiger partial charge in [0.15, 0.2) is 11.8 Å². The number of carbonyl (C=O) groups excluding carboxylic acids is 3. The van der Waals surface area contributed by atoms with Gasteiger partial charge in [0.25, 0.3) is 5.91 Å². The van der Waals surface area contributed by atoms with Crippen LogP contribution in [0.25, 0.3) is 0 Å². The van der Waals surface area contributed by atoms with Gasteiger partial charge in [0.2, 0.25) is 0 Å². The van der Waals surface area contributed by atoms with E-state index in [0.29, 0.717) is 11.3 Å². The number of carbonyl (C=O) groups is 3. The van der Waals surface area contributed by atoms with E-state index in [0.717, 1.165) is 0 Å². The molecule has 6 nitrogen and oxygen atoms in total. The van der Waals surface area contributed by atoms with E-state index < -0.39 is 17.9 Å². The Morgan fingerprint density at radius 3 is 2.32 bits per heavy atom. The molecule has 6 heteroatoms. The molecule has 1 unspecified atom stereocenters. The number of benzene rings is 1. The Kier molecular flexibility index (Phi) is 5.20. The minimum atomic E-state index is -1.37. The second-order valence-electron chi connectivity index (χ2n) is 3.85. The minimum absolute atomic E-state index is 0.0684. The first-order valence-corrected chi connectivity index (χ1v) is 5.79. The van der Waals surface area contributed by atoms with Crippen LogP contribution in [0.2, 0.25) is 0 Å². The van der Waals surface area contributed by atoms with Crippen molar-refractivity contribution in [2.24, 2.45) is 5.73 Å². The molecule has 0 aliphatic rings. The van der Waals surface area contributed by atoms with Gasteiger partial charge >= 0.3 is 5.97 Å². The average molecular weight is 264 g/mol. The molecule has 1 atom stereocenters. The molecule has 0 spiro atoms. The van der Waals surface area contributed by atoms with E-state index >= 15 is 0 Å². The van der Waals surface area contributed by atoms with Crippen molar-refractivity contribution in [3.05, 3.63) is 29.8 Å². The maximum Gasteiger partial charge on any atom is 0.332 e. The number of hydrogen-bond donors (Lipinski definition) is 2. The maximum atomic E-state index is 11.6. The number of ketones is 1. The summed E-state index contributed by atoms with van der Waals surface area (Å²) in [5, 5.41) is 2.47. The second kappa shape index (κ2) is 6.65. The molecule has 0 saturated carbocycles. The van der Waals surface area contributed by atoms with E-state index in [-0.39, 0.29) is 12.4 Å². The quantitative estimate of drug-likeness (QED) is 0.464. The Morgan fingerprint density at radius 2 is 1.84 bits per heavy atom. The zero-order valence-corrected chi connectivity index (χ0v) is 10.8. The highest BCUT2D eigenvalue weighted by Crippen LogP contribution is 2.10. The zero-order valence-electron chi connectivity index (χ0n) is 10.8. The van der Waals surface area contributed by atoms with Gasteiger partial charge in [-0.2, -0.15) is 0 Å². The lowest BCUT2D eigenvalue weighted by Crippen LogP contribution is -2.43. The highest BCUT2D eigenvalue weighted by atomic mass is 16.5. The van der Waals surface area contributed by atoms with Crippen molar-refractivity contribution in [2.45, 2.75) is 19.9 Å². The summed E-state index contributed by atoms with van der Waals surface area (Å²) in [6.45, 7) is 3.24. The van der Waals surface area contributed by atoms with Gasteiger partial charge in [-0.15, -0.1) is 0 Å².